The van der Waals surface area contributed by atoms with Crippen LogP contribution in [0.2, 0.25) is 0 Å². The van der Waals surface area contributed by atoms with E-state index in [1.165, 1.54) is 10.1 Å². The standard InChI is InChI=1S/C19H17N3O/c1-12(2)13-7-9-14(10-8-13)19(23)22-17-6-4-3-5-15(17)16(11-20)18(22)21/h3-10,12H,21H2,1-2H3. The van der Waals surface area contributed by atoms with Crippen LogP contribution in [0.25, 0.3) is 10.9 Å². The number of anilines is 1. The molecule has 0 aliphatic carbocycles. The smallest absolute Gasteiger partial charge is 0.264 e. The van der Waals surface area contributed by atoms with Crippen molar-refractivity contribution in [1.29, 1.82) is 5.26 Å². The van der Waals surface area contributed by atoms with Crippen LogP contribution in [-0.4, -0.2) is 10.5 Å². The fourth-order valence-electron chi connectivity index (χ4n) is 2.74. The van der Waals surface area contributed by atoms with Crippen molar-refractivity contribution in [1.82, 2.24) is 4.57 Å². The second-order valence-electron chi connectivity index (χ2n) is 5.81. The van der Waals surface area contributed by atoms with Crippen molar-refractivity contribution in [3.8, 4) is 6.07 Å². The lowest BCUT2D eigenvalue weighted by Crippen LogP contribution is -2.14. The number of hydrogen-bond donors (Lipinski definition) is 1. The van der Waals surface area contributed by atoms with Crippen LogP contribution >= 0.6 is 0 Å². The highest BCUT2D eigenvalue weighted by Crippen LogP contribution is 2.28. The number of carbonyl (C=O) groups excluding carboxylic acids is 1. The van der Waals surface area contributed by atoms with Gasteiger partial charge >= 0.3 is 0 Å². The number of nitriles is 1. The third-order valence-corrected chi connectivity index (χ3v) is 4.05. The molecule has 0 amide bonds. The van der Waals surface area contributed by atoms with Crippen molar-refractivity contribution in [2.75, 3.05) is 5.73 Å². The van der Waals surface area contributed by atoms with Gasteiger partial charge in [0.05, 0.1) is 5.52 Å². The summed E-state index contributed by atoms with van der Waals surface area (Å²) in [5, 5.41) is 10.0. The molecule has 1 heterocycles. The summed E-state index contributed by atoms with van der Waals surface area (Å²) < 4.78 is 1.41. The van der Waals surface area contributed by atoms with E-state index in [0.29, 0.717) is 27.9 Å². The Balaban J connectivity index is 2.15. The maximum atomic E-state index is 12.9. The van der Waals surface area contributed by atoms with Crippen molar-refractivity contribution in [2.45, 2.75) is 19.8 Å². The lowest BCUT2D eigenvalue weighted by Gasteiger charge is -2.09. The number of para-hydroxylation sites is 1. The maximum Gasteiger partial charge on any atom is 0.264 e. The molecule has 2 aromatic carbocycles. The molecule has 0 radical (unpaired) electrons. The molecule has 0 aliphatic rings. The Labute approximate surface area is 134 Å². The normalized spacial score (nSPS) is 10.9. The number of benzene rings is 2. The third kappa shape index (κ3) is 2.36. The first-order chi connectivity index (χ1) is 11.0. The van der Waals surface area contributed by atoms with Crippen LogP contribution in [0.3, 0.4) is 0 Å². The van der Waals surface area contributed by atoms with Crippen molar-refractivity contribution in [2.24, 2.45) is 0 Å². The molecule has 4 heteroatoms. The zero-order valence-corrected chi connectivity index (χ0v) is 13.1. The molecule has 3 rings (SSSR count). The number of hydrogen-bond acceptors (Lipinski definition) is 3. The highest BCUT2D eigenvalue weighted by Gasteiger charge is 2.20. The van der Waals surface area contributed by atoms with E-state index < -0.39 is 0 Å². The van der Waals surface area contributed by atoms with E-state index >= 15 is 0 Å². The number of aromatic nitrogens is 1. The molecule has 0 saturated carbocycles. The molecule has 1 aromatic heterocycles. The summed E-state index contributed by atoms with van der Waals surface area (Å²) in [6.07, 6.45) is 0. The van der Waals surface area contributed by atoms with Gasteiger partial charge in [-0.3, -0.25) is 9.36 Å². The molecule has 114 valence electrons. The minimum atomic E-state index is -0.226. The molecule has 23 heavy (non-hydrogen) atoms. The molecule has 0 atom stereocenters. The molecular weight excluding hydrogens is 286 g/mol. The van der Waals surface area contributed by atoms with Crippen LogP contribution in [-0.2, 0) is 0 Å². The van der Waals surface area contributed by atoms with Crippen molar-refractivity contribution in [3.63, 3.8) is 0 Å². The first-order valence-corrected chi connectivity index (χ1v) is 7.48. The van der Waals surface area contributed by atoms with Crippen LogP contribution in [0.15, 0.2) is 48.5 Å². The third-order valence-electron chi connectivity index (χ3n) is 4.05. The topological polar surface area (TPSA) is 71.8 Å². The molecular formula is C19H17N3O. The summed E-state index contributed by atoms with van der Waals surface area (Å²) in [5.41, 5.74) is 8.77. The highest BCUT2D eigenvalue weighted by atomic mass is 16.2. The fourth-order valence-corrected chi connectivity index (χ4v) is 2.74. The van der Waals surface area contributed by atoms with Crippen molar-refractivity contribution < 1.29 is 4.79 Å². The summed E-state index contributed by atoms with van der Waals surface area (Å²) in [4.78, 5) is 12.9. The first-order valence-electron chi connectivity index (χ1n) is 7.48. The van der Waals surface area contributed by atoms with Crippen LogP contribution in [0.1, 0.15) is 41.3 Å². The molecule has 2 N–H and O–H groups in total. The van der Waals surface area contributed by atoms with Crippen molar-refractivity contribution >= 4 is 22.6 Å². The molecule has 0 unspecified atom stereocenters. The number of carbonyl (C=O) groups is 1. The number of nitrogen functional groups attached to an aromatic ring is 1. The monoisotopic (exact) mass is 303 g/mol. The molecule has 4 nitrogen and oxygen atoms in total. The van der Waals surface area contributed by atoms with Gasteiger partial charge in [-0.05, 0) is 29.7 Å². The summed E-state index contributed by atoms with van der Waals surface area (Å²) >= 11 is 0. The number of rotatable bonds is 2. The summed E-state index contributed by atoms with van der Waals surface area (Å²) in [5.74, 6) is 0.365. The van der Waals surface area contributed by atoms with Gasteiger partial charge in [-0.2, -0.15) is 5.26 Å². The lowest BCUT2D eigenvalue weighted by atomic mass is 10.0. The van der Waals surface area contributed by atoms with E-state index in [2.05, 4.69) is 19.9 Å². The Hall–Kier alpha value is -3.06. The average molecular weight is 303 g/mol. The highest BCUT2D eigenvalue weighted by molar-refractivity contribution is 6.07. The number of fused-ring (bicyclic) bond motifs is 1. The van der Waals surface area contributed by atoms with E-state index in [1.807, 2.05) is 24.3 Å². The minimum Gasteiger partial charge on any atom is -0.384 e. The van der Waals surface area contributed by atoms with E-state index in [4.69, 9.17) is 5.73 Å². The van der Waals surface area contributed by atoms with E-state index in [1.54, 1.807) is 24.3 Å². The van der Waals surface area contributed by atoms with Gasteiger partial charge in [0.1, 0.15) is 17.5 Å². The quantitative estimate of drug-likeness (QED) is 0.780. The van der Waals surface area contributed by atoms with Gasteiger partial charge in [-0.15, -0.1) is 0 Å². The lowest BCUT2D eigenvalue weighted by molar-refractivity contribution is 0.0967. The van der Waals surface area contributed by atoms with Crippen LogP contribution in [0, 0.1) is 11.3 Å². The number of nitrogens with zero attached hydrogens (tertiary/aromatic N) is 2. The minimum absolute atomic E-state index is 0.187. The second-order valence-corrected chi connectivity index (χ2v) is 5.81. The largest absolute Gasteiger partial charge is 0.384 e. The van der Waals surface area contributed by atoms with Gasteiger partial charge < -0.3 is 5.73 Å². The first kappa shape index (κ1) is 14.9. The SMILES string of the molecule is CC(C)c1ccc(C(=O)n2c(N)c(C#N)c3ccccc32)cc1. The Morgan fingerprint density at radius 1 is 1.13 bits per heavy atom. The van der Waals surface area contributed by atoms with E-state index in [9.17, 15) is 10.1 Å². The summed E-state index contributed by atoms with van der Waals surface area (Å²) in [6.45, 7) is 4.21. The van der Waals surface area contributed by atoms with E-state index in [0.717, 1.165) is 0 Å². The zero-order chi connectivity index (χ0) is 16.6. The Bertz CT molecular complexity index is 928. The Morgan fingerprint density at radius 2 is 1.78 bits per heavy atom. The Kier molecular flexibility index (Phi) is 3.63. The molecule has 0 saturated heterocycles. The van der Waals surface area contributed by atoms with Crippen molar-refractivity contribution in [3.05, 3.63) is 65.2 Å². The predicted octanol–water partition coefficient (Wildman–Crippen LogP) is 3.91. The van der Waals surface area contributed by atoms with Gasteiger partial charge in [0, 0.05) is 10.9 Å². The van der Waals surface area contributed by atoms with Gasteiger partial charge in [0.15, 0.2) is 0 Å². The Morgan fingerprint density at radius 3 is 2.39 bits per heavy atom. The van der Waals surface area contributed by atoms with Gasteiger partial charge in [-0.25, -0.2) is 0 Å². The number of nitrogens with two attached hydrogens (primary N) is 1. The summed E-state index contributed by atoms with van der Waals surface area (Å²) in [6, 6.07) is 16.9. The fraction of sp³-hybridized carbons (Fsp3) is 0.158. The molecule has 0 aliphatic heterocycles. The molecule has 0 spiro atoms. The second kappa shape index (κ2) is 5.62. The van der Waals surface area contributed by atoms with Gasteiger partial charge in [-0.1, -0.05) is 44.2 Å². The predicted molar refractivity (Wildman–Crippen MR) is 91.3 cm³/mol. The molecule has 0 bridgehead atoms. The zero-order valence-electron chi connectivity index (χ0n) is 13.1. The van der Waals surface area contributed by atoms with Gasteiger partial charge in [0.25, 0.3) is 5.91 Å². The van der Waals surface area contributed by atoms with Crippen LogP contribution in [0.4, 0.5) is 5.82 Å². The maximum absolute atomic E-state index is 12.9. The van der Waals surface area contributed by atoms with Gasteiger partial charge in [0.2, 0.25) is 0 Å². The van der Waals surface area contributed by atoms with E-state index in [-0.39, 0.29) is 11.7 Å². The molecule has 3 aromatic rings. The van der Waals surface area contributed by atoms with Crippen LogP contribution in [0.5, 0.6) is 0 Å². The average Bonchev–Trinajstić information content (AvgIpc) is 2.85. The molecule has 0 fully saturated rings. The summed E-state index contributed by atoms with van der Waals surface area (Å²) in [7, 11) is 0. The van der Waals surface area contributed by atoms with Crippen LogP contribution < -0.4 is 5.73 Å².